The molecular formula is C33H55F11O14S7. The van der Waals surface area contributed by atoms with E-state index in [0.717, 1.165) is 25.7 Å². The molecule has 32 heteroatoms. The molecule has 0 N–H and O–H groups in total. The first-order chi connectivity index (χ1) is 29.1. The van der Waals surface area contributed by atoms with Crippen molar-refractivity contribution in [2.24, 2.45) is 0 Å². The van der Waals surface area contributed by atoms with Gasteiger partial charge in [-0.3, -0.25) is 0 Å². The van der Waals surface area contributed by atoms with E-state index >= 15 is 0 Å². The summed E-state index contributed by atoms with van der Waals surface area (Å²) in [7, 11) is -23.0. The van der Waals surface area contributed by atoms with E-state index in [2.05, 4.69) is 0 Å². The molecule has 14 nitrogen and oxygen atoms in total. The molecule has 8 atom stereocenters. The monoisotopic (exact) mass is 1110 g/mol. The third kappa shape index (κ3) is 20.8. The third-order valence-electron chi connectivity index (χ3n) is 10.5. The van der Waals surface area contributed by atoms with Gasteiger partial charge < -0.3 is 0 Å². The van der Waals surface area contributed by atoms with Crippen molar-refractivity contribution in [3.05, 3.63) is 0 Å². The second-order valence-corrected chi connectivity index (χ2v) is 32.6. The van der Waals surface area contributed by atoms with Crippen molar-refractivity contribution in [3.8, 4) is 0 Å². The molecule has 0 aliphatic carbocycles. The molecule has 7 aliphatic rings. The fourth-order valence-electron chi connectivity index (χ4n) is 6.45. The van der Waals surface area contributed by atoms with E-state index in [4.69, 9.17) is 0 Å². The van der Waals surface area contributed by atoms with Crippen LogP contribution in [0.25, 0.3) is 0 Å². The number of halogens is 11. The van der Waals surface area contributed by atoms with Gasteiger partial charge >= 0.3 is 17.6 Å². The van der Waals surface area contributed by atoms with E-state index in [1.807, 2.05) is 0 Å². The lowest BCUT2D eigenvalue weighted by Gasteiger charge is -2.18. The number of hydrogen-bond acceptors (Lipinski definition) is 14. The summed E-state index contributed by atoms with van der Waals surface area (Å²) in [6, 6.07) is 0. The SMILES string of the molecule is CC1CCCS1(=O)=O.CC1CCCS1(=O)=O.O=S1(=O)CC(F)C(F)C1.O=S1(=O)CC(F)CC1(F)F.O=S1(=O)CCC(F)C1.O=S1(=O)CCCC1CC(F)(F)C(F)F.O=S1(=O)CCCC1F. The highest BCUT2D eigenvalue weighted by Gasteiger charge is 2.54. The molecule has 0 radical (unpaired) electrons. The predicted molar refractivity (Wildman–Crippen MR) is 220 cm³/mol. The summed E-state index contributed by atoms with van der Waals surface area (Å²) in [5.41, 5.74) is -1.57. The van der Waals surface area contributed by atoms with Gasteiger partial charge in [0.05, 0.1) is 73.9 Å². The molecule has 0 amide bonds. The molecule has 390 valence electrons. The van der Waals surface area contributed by atoms with Crippen LogP contribution in [-0.2, 0) is 68.9 Å². The van der Waals surface area contributed by atoms with Crippen LogP contribution in [0.1, 0.15) is 84.5 Å². The summed E-state index contributed by atoms with van der Waals surface area (Å²) < 4.78 is 281. The second kappa shape index (κ2) is 24.1. The maximum atomic E-state index is 12.5. The van der Waals surface area contributed by atoms with Gasteiger partial charge in [0.1, 0.15) is 24.7 Å². The van der Waals surface area contributed by atoms with Crippen LogP contribution in [0, 0.1) is 0 Å². The standard InChI is InChI=1S/C7H10F4O2S.2C5H10O2S.C4H5F3O2S.C4H6F2O2S.2C4H7FO2S/c8-6(9)7(10,11)4-5-2-1-3-14(5,12)13;2*1-5-3-2-4-8(5,6)7;5-3-1-4(6,7)10(8,9)2-3;5-3-1-9(7,8)2-4(3)6;5-4-1-2-8(6,7)3-4;5-4-2-1-3-8(4,6)7/h5-6H,1-4H2;2*5H,2-4H2,1H3;3H,1-2H2;3-4H,1-2H2;2*4H,1-3H2. The first-order valence-corrected chi connectivity index (χ1v) is 32.0. The maximum absolute atomic E-state index is 12.5. The molecule has 7 fully saturated rings. The molecule has 7 heterocycles. The minimum absolute atomic E-state index is 0.0359. The molecule has 0 spiro atoms. The van der Waals surface area contributed by atoms with Gasteiger partial charge in [-0.2, -0.15) is 8.78 Å². The Hall–Kier alpha value is -1.12. The van der Waals surface area contributed by atoms with Gasteiger partial charge in [-0.25, -0.2) is 98.4 Å². The van der Waals surface area contributed by atoms with Crippen molar-refractivity contribution in [1.29, 1.82) is 0 Å². The summed E-state index contributed by atoms with van der Waals surface area (Å²) in [5.74, 6) is -6.06. The lowest BCUT2D eigenvalue weighted by atomic mass is 10.1. The van der Waals surface area contributed by atoms with Crippen LogP contribution < -0.4 is 0 Å². The van der Waals surface area contributed by atoms with E-state index in [1.165, 1.54) is 0 Å². The summed E-state index contributed by atoms with van der Waals surface area (Å²) >= 11 is 0. The Morgan fingerprint density at radius 2 is 0.923 bits per heavy atom. The van der Waals surface area contributed by atoms with Gasteiger partial charge in [-0.15, -0.1) is 0 Å². The van der Waals surface area contributed by atoms with Gasteiger partial charge in [0.15, 0.2) is 59.0 Å². The summed E-state index contributed by atoms with van der Waals surface area (Å²) in [6.45, 7) is 3.56. The summed E-state index contributed by atoms with van der Waals surface area (Å²) in [4.78, 5) is 0. The van der Waals surface area contributed by atoms with Gasteiger partial charge in [0, 0.05) is 6.42 Å². The highest BCUT2D eigenvalue weighted by atomic mass is 32.2. The van der Waals surface area contributed by atoms with Crippen molar-refractivity contribution < 1.29 is 107 Å². The zero-order valence-electron chi connectivity index (χ0n) is 35.1. The number of hydrogen-bond donors (Lipinski definition) is 0. The van der Waals surface area contributed by atoms with E-state index < -0.39 is 152 Å². The van der Waals surface area contributed by atoms with Crippen LogP contribution >= 0.6 is 0 Å². The Labute approximate surface area is 374 Å². The second-order valence-electron chi connectivity index (χ2n) is 16.3. The van der Waals surface area contributed by atoms with E-state index in [1.54, 1.807) is 13.8 Å². The molecular weight excluding hydrogens is 1050 g/mol. The van der Waals surface area contributed by atoms with Gasteiger partial charge in [0.25, 0.3) is 0 Å². The lowest BCUT2D eigenvalue weighted by molar-refractivity contribution is -0.132. The Morgan fingerprint density at radius 3 is 1.08 bits per heavy atom. The molecule has 0 aromatic carbocycles. The average Bonchev–Trinajstić information content (AvgIpc) is 3.96. The Morgan fingerprint density at radius 1 is 0.508 bits per heavy atom. The van der Waals surface area contributed by atoms with Crippen LogP contribution in [0.4, 0.5) is 48.3 Å². The molecule has 7 rings (SSSR count). The molecule has 7 aliphatic heterocycles. The molecule has 0 aromatic rings. The molecule has 0 saturated carbocycles. The minimum atomic E-state index is -4.48. The number of sulfone groups is 7. The topological polar surface area (TPSA) is 239 Å². The van der Waals surface area contributed by atoms with Crippen molar-refractivity contribution in [1.82, 2.24) is 0 Å². The summed E-state index contributed by atoms with van der Waals surface area (Å²) in [6.07, 6.45) is -8.14. The zero-order valence-corrected chi connectivity index (χ0v) is 40.8. The first kappa shape index (κ1) is 61.9. The Balaban J connectivity index is 0.000000383. The van der Waals surface area contributed by atoms with Crippen LogP contribution in [-0.4, -0.2) is 174 Å². The molecule has 7 saturated heterocycles. The lowest BCUT2D eigenvalue weighted by Crippen LogP contribution is -2.33. The number of alkyl halides is 11. The van der Waals surface area contributed by atoms with E-state index in [9.17, 15) is 107 Å². The van der Waals surface area contributed by atoms with Crippen molar-refractivity contribution >= 4 is 68.9 Å². The summed E-state index contributed by atoms with van der Waals surface area (Å²) in [5, 5.41) is -5.27. The van der Waals surface area contributed by atoms with Gasteiger partial charge in [-0.1, -0.05) is 0 Å². The highest BCUT2D eigenvalue weighted by Crippen LogP contribution is 2.37. The normalized spacial score (nSPS) is 34.5. The van der Waals surface area contributed by atoms with Gasteiger partial charge in [0.2, 0.25) is 15.3 Å². The van der Waals surface area contributed by atoms with Crippen molar-refractivity contribution in [2.45, 2.75) is 148 Å². The fraction of sp³-hybridized carbons (Fsp3) is 1.00. The van der Waals surface area contributed by atoms with Crippen molar-refractivity contribution in [2.75, 3.05) is 51.8 Å². The predicted octanol–water partition coefficient (Wildman–Crippen LogP) is 4.48. The fourth-order valence-corrected chi connectivity index (χ4v) is 17.0. The highest BCUT2D eigenvalue weighted by molar-refractivity contribution is 7.93. The van der Waals surface area contributed by atoms with Crippen LogP contribution in [0.15, 0.2) is 0 Å². The van der Waals surface area contributed by atoms with E-state index in [-0.39, 0.29) is 59.2 Å². The average molecular weight is 1110 g/mol. The smallest absolute Gasteiger partial charge is 0.246 e. The Bertz CT molecular complexity index is 2220. The zero-order chi connectivity index (χ0) is 50.8. The molecule has 65 heavy (non-hydrogen) atoms. The van der Waals surface area contributed by atoms with Gasteiger partial charge in [-0.05, 0) is 71.6 Å². The Kier molecular flexibility index (Phi) is 23.0. The van der Waals surface area contributed by atoms with Crippen LogP contribution in [0.2, 0.25) is 0 Å². The van der Waals surface area contributed by atoms with Crippen LogP contribution in [0.3, 0.4) is 0 Å². The number of rotatable bonds is 3. The first-order valence-electron chi connectivity index (χ1n) is 19.8. The quantitative estimate of drug-likeness (QED) is 0.355. The maximum Gasteiger partial charge on any atom is 0.348 e. The molecule has 0 bridgehead atoms. The molecule has 0 aromatic heterocycles. The largest absolute Gasteiger partial charge is 0.348 e. The van der Waals surface area contributed by atoms with E-state index in [0.29, 0.717) is 17.9 Å². The van der Waals surface area contributed by atoms with Crippen molar-refractivity contribution in [3.63, 3.8) is 0 Å². The third-order valence-corrected chi connectivity index (χ3v) is 24.6. The molecule has 8 unspecified atom stereocenters. The minimum Gasteiger partial charge on any atom is -0.246 e. The van der Waals surface area contributed by atoms with Crippen LogP contribution in [0.5, 0.6) is 0 Å².